The number of hydrogen-bond donors (Lipinski definition) is 1. The average Bonchev–Trinajstić information content (AvgIpc) is 2.77. The Morgan fingerprint density at radius 1 is 1.60 bits per heavy atom. The second kappa shape index (κ2) is 5.13. The molecule has 0 aromatic rings. The Kier molecular flexibility index (Phi) is 4.10. The molecule has 1 unspecified atom stereocenters. The third-order valence-electron chi connectivity index (χ3n) is 3.08. The molecule has 0 bridgehead atoms. The third-order valence-corrected chi connectivity index (χ3v) is 3.08. The SMILES string of the molecule is CCC(C)(C#N)C(=O)NOC1CCCC1. The van der Waals surface area contributed by atoms with Gasteiger partial charge in [0.15, 0.2) is 0 Å². The van der Waals surface area contributed by atoms with Gasteiger partial charge in [-0.2, -0.15) is 5.26 Å². The summed E-state index contributed by atoms with van der Waals surface area (Å²) in [5.74, 6) is -0.334. The molecule has 0 heterocycles. The van der Waals surface area contributed by atoms with E-state index in [0.29, 0.717) is 6.42 Å². The Bertz CT molecular complexity index is 266. The van der Waals surface area contributed by atoms with Crippen LogP contribution in [-0.2, 0) is 9.63 Å². The van der Waals surface area contributed by atoms with Crippen LogP contribution in [0.1, 0.15) is 46.0 Å². The molecule has 4 nitrogen and oxygen atoms in total. The molecule has 1 aliphatic rings. The molecule has 0 radical (unpaired) electrons. The van der Waals surface area contributed by atoms with Crippen molar-refractivity contribution in [1.82, 2.24) is 5.48 Å². The van der Waals surface area contributed by atoms with Crippen molar-refractivity contribution in [2.75, 3.05) is 0 Å². The summed E-state index contributed by atoms with van der Waals surface area (Å²) in [6, 6.07) is 2.01. The molecule has 0 spiro atoms. The summed E-state index contributed by atoms with van der Waals surface area (Å²) in [5.41, 5.74) is 1.43. The Balaban J connectivity index is 2.38. The highest BCUT2D eigenvalue weighted by molar-refractivity contribution is 5.83. The van der Waals surface area contributed by atoms with Crippen LogP contribution in [0, 0.1) is 16.7 Å². The monoisotopic (exact) mass is 210 g/mol. The van der Waals surface area contributed by atoms with E-state index in [9.17, 15) is 4.79 Å². The minimum atomic E-state index is -0.974. The van der Waals surface area contributed by atoms with Crippen molar-refractivity contribution in [2.45, 2.75) is 52.1 Å². The lowest BCUT2D eigenvalue weighted by molar-refractivity contribution is -0.145. The molecule has 1 saturated carbocycles. The summed E-state index contributed by atoms with van der Waals surface area (Å²) in [4.78, 5) is 16.9. The second-order valence-electron chi connectivity index (χ2n) is 4.25. The Morgan fingerprint density at radius 3 is 2.67 bits per heavy atom. The van der Waals surface area contributed by atoms with Crippen LogP contribution in [-0.4, -0.2) is 12.0 Å². The minimum absolute atomic E-state index is 0.133. The van der Waals surface area contributed by atoms with Crippen molar-refractivity contribution in [3.05, 3.63) is 0 Å². The van der Waals surface area contributed by atoms with E-state index in [1.165, 1.54) is 0 Å². The van der Waals surface area contributed by atoms with Crippen LogP contribution in [0.15, 0.2) is 0 Å². The molecular formula is C11H18N2O2. The lowest BCUT2D eigenvalue weighted by atomic mass is 9.89. The van der Waals surface area contributed by atoms with Crippen molar-refractivity contribution in [1.29, 1.82) is 5.26 Å². The van der Waals surface area contributed by atoms with E-state index >= 15 is 0 Å². The highest BCUT2D eigenvalue weighted by atomic mass is 16.7. The predicted octanol–water partition coefficient (Wildman–Crippen LogP) is 1.92. The summed E-state index contributed by atoms with van der Waals surface area (Å²) in [7, 11) is 0. The Morgan fingerprint density at radius 2 is 2.20 bits per heavy atom. The van der Waals surface area contributed by atoms with Crippen LogP contribution in [0.5, 0.6) is 0 Å². The van der Waals surface area contributed by atoms with Crippen molar-refractivity contribution in [2.24, 2.45) is 5.41 Å². The van der Waals surface area contributed by atoms with Gasteiger partial charge in [-0.05, 0) is 26.2 Å². The first kappa shape index (κ1) is 12.0. The molecular weight excluding hydrogens is 192 g/mol. The number of hydroxylamine groups is 1. The molecule has 84 valence electrons. The molecule has 0 saturated heterocycles. The van der Waals surface area contributed by atoms with E-state index in [4.69, 9.17) is 10.1 Å². The number of amides is 1. The van der Waals surface area contributed by atoms with Gasteiger partial charge in [0, 0.05) is 0 Å². The van der Waals surface area contributed by atoms with Crippen LogP contribution in [0.2, 0.25) is 0 Å². The van der Waals surface area contributed by atoms with Gasteiger partial charge in [-0.15, -0.1) is 0 Å². The van der Waals surface area contributed by atoms with Gasteiger partial charge >= 0.3 is 0 Å². The van der Waals surface area contributed by atoms with Crippen molar-refractivity contribution >= 4 is 5.91 Å². The number of rotatable bonds is 4. The van der Waals surface area contributed by atoms with Gasteiger partial charge in [0.05, 0.1) is 12.2 Å². The smallest absolute Gasteiger partial charge is 0.263 e. The van der Waals surface area contributed by atoms with E-state index in [1.54, 1.807) is 6.92 Å². The summed E-state index contributed by atoms with van der Waals surface area (Å²) < 4.78 is 0. The summed E-state index contributed by atoms with van der Waals surface area (Å²) in [6.45, 7) is 3.44. The molecule has 0 aromatic carbocycles. The zero-order chi connectivity index (χ0) is 11.3. The van der Waals surface area contributed by atoms with Gasteiger partial charge in [0.25, 0.3) is 5.91 Å². The highest BCUT2D eigenvalue weighted by Gasteiger charge is 2.32. The number of hydrogen-bond acceptors (Lipinski definition) is 3. The largest absolute Gasteiger partial charge is 0.271 e. The minimum Gasteiger partial charge on any atom is -0.271 e. The van der Waals surface area contributed by atoms with E-state index in [0.717, 1.165) is 25.7 Å². The molecule has 0 aromatic heterocycles. The fourth-order valence-corrected chi connectivity index (χ4v) is 1.55. The molecule has 4 heteroatoms. The molecule has 1 aliphatic carbocycles. The van der Waals surface area contributed by atoms with Gasteiger partial charge in [-0.3, -0.25) is 9.63 Å². The quantitative estimate of drug-likeness (QED) is 0.721. The lowest BCUT2D eigenvalue weighted by Gasteiger charge is -2.19. The van der Waals surface area contributed by atoms with Crippen molar-refractivity contribution in [3.63, 3.8) is 0 Å². The molecule has 0 aliphatic heterocycles. The Labute approximate surface area is 90.6 Å². The molecule has 1 atom stereocenters. The number of nitrogens with one attached hydrogen (secondary N) is 1. The second-order valence-corrected chi connectivity index (χ2v) is 4.25. The number of nitrogens with zero attached hydrogens (tertiary/aromatic N) is 1. The van der Waals surface area contributed by atoms with Crippen LogP contribution in [0.4, 0.5) is 0 Å². The standard InChI is InChI=1S/C11H18N2O2/c1-3-11(2,8-12)10(14)13-15-9-6-4-5-7-9/h9H,3-7H2,1-2H3,(H,13,14). The van der Waals surface area contributed by atoms with Gasteiger partial charge in [-0.1, -0.05) is 19.8 Å². The van der Waals surface area contributed by atoms with Gasteiger partial charge in [0.1, 0.15) is 5.41 Å². The van der Waals surface area contributed by atoms with Crippen LogP contribution >= 0.6 is 0 Å². The maximum Gasteiger partial charge on any atom is 0.263 e. The van der Waals surface area contributed by atoms with Crippen molar-refractivity contribution in [3.8, 4) is 6.07 Å². The zero-order valence-corrected chi connectivity index (χ0v) is 9.38. The van der Waals surface area contributed by atoms with E-state index in [-0.39, 0.29) is 12.0 Å². The summed E-state index contributed by atoms with van der Waals surface area (Å²) >= 11 is 0. The fraction of sp³-hybridized carbons (Fsp3) is 0.818. The maximum absolute atomic E-state index is 11.6. The highest BCUT2D eigenvalue weighted by Crippen LogP contribution is 2.22. The molecule has 1 amide bonds. The van der Waals surface area contributed by atoms with E-state index in [2.05, 4.69) is 5.48 Å². The van der Waals surface area contributed by atoms with E-state index in [1.807, 2.05) is 13.0 Å². The van der Waals surface area contributed by atoms with Crippen LogP contribution in [0.25, 0.3) is 0 Å². The first-order chi connectivity index (χ1) is 7.12. The van der Waals surface area contributed by atoms with Crippen LogP contribution in [0.3, 0.4) is 0 Å². The number of carbonyl (C=O) groups excluding carboxylic acids is 1. The lowest BCUT2D eigenvalue weighted by Crippen LogP contribution is -2.39. The van der Waals surface area contributed by atoms with Crippen molar-refractivity contribution < 1.29 is 9.63 Å². The predicted molar refractivity (Wildman–Crippen MR) is 55.5 cm³/mol. The fourth-order valence-electron chi connectivity index (χ4n) is 1.55. The van der Waals surface area contributed by atoms with Gasteiger partial charge < -0.3 is 0 Å². The summed E-state index contributed by atoms with van der Waals surface area (Å²) in [5, 5.41) is 8.88. The first-order valence-electron chi connectivity index (χ1n) is 5.49. The number of carbonyl (C=O) groups is 1. The number of nitriles is 1. The maximum atomic E-state index is 11.6. The topological polar surface area (TPSA) is 62.1 Å². The summed E-state index contributed by atoms with van der Waals surface area (Å²) in [6.07, 6.45) is 4.93. The van der Waals surface area contributed by atoms with E-state index < -0.39 is 5.41 Å². The van der Waals surface area contributed by atoms with Gasteiger partial charge in [0.2, 0.25) is 0 Å². The first-order valence-corrected chi connectivity index (χ1v) is 5.49. The molecule has 15 heavy (non-hydrogen) atoms. The third kappa shape index (κ3) is 2.93. The molecule has 1 fully saturated rings. The Hall–Kier alpha value is -1.08. The molecule has 1 rings (SSSR count). The molecule has 1 N–H and O–H groups in total. The van der Waals surface area contributed by atoms with Crippen LogP contribution < -0.4 is 5.48 Å². The average molecular weight is 210 g/mol. The zero-order valence-electron chi connectivity index (χ0n) is 9.38. The normalized spacial score (nSPS) is 20.6. The van der Waals surface area contributed by atoms with Gasteiger partial charge in [-0.25, -0.2) is 5.48 Å².